The number of allylic oxidation sites excluding steroid dienone is 4. The highest BCUT2D eigenvalue weighted by molar-refractivity contribution is 6.46. The Morgan fingerprint density at radius 2 is 1.90 bits per heavy atom. The van der Waals surface area contributed by atoms with Gasteiger partial charge in [-0.25, -0.2) is 0 Å². The normalized spacial score (nSPS) is 49.7. The SMILES string of the molecule is CCCC1C2C[C@H]3[C@@H]4C(=O)C(=O)C5=CC(=O)C=C[C@]5(C)[C@H]4[C@@H](O)C[C@]3(C)[C@]12C(=O)CO. The Hall–Kier alpha value is -1.92. The van der Waals surface area contributed by atoms with Crippen LogP contribution in [0.4, 0.5) is 0 Å². The number of hydrogen-bond donors (Lipinski definition) is 2. The van der Waals surface area contributed by atoms with E-state index in [1.807, 2.05) is 13.8 Å². The lowest BCUT2D eigenvalue weighted by atomic mass is 9.44. The molecule has 0 bridgehead atoms. The topological polar surface area (TPSA) is 109 Å². The molecule has 0 amide bonds. The van der Waals surface area contributed by atoms with Crippen LogP contribution in [0.5, 0.6) is 0 Å². The second-order valence-corrected chi connectivity index (χ2v) is 10.8. The van der Waals surface area contributed by atoms with E-state index in [2.05, 4.69) is 6.92 Å². The van der Waals surface area contributed by atoms with E-state index < -0.39 is 52.4 Å². The highest BCUT2D eigenvalue weighted by Crippen LogP contribution is 2.83. The first-order valence-corrected chi connectivity index (χ1v) is 11.5. The van der Waals surface area contributed by atoms with Crippen molar-refractivity contribution in [3.05, 3.63) is 23.8 Å². The number of carbonyl (C=O) groups is 4. The van der Waals surface area contributed by atoms with Crippen molar-refractivity contribution in [3.63, 3.8) is 0 Å². The Labute approximate surface area is 181 Å². The maximum Gasteiger partial charge on any atom is 0.225 e. The van der Waals surface area contributed by atoms with E-state index in [0.717, 1.165) is 12.8 Å². The molecule has 5 rings (SSSR count). The molecule has 0 aromatic rings. The summed E-state index contributed by atoms with van der Waals surface area (Å²) in [5.74, 6) is -2.81. The van der Waals surface area contributed by atoms with Crippen molar-refractivity contribution >= 4 is 23.1 Å². The van der Waals surface area contributed by atoms with Crippen molar-refractivity contribution in [2.75, 3.05) is 6.61 Å². The molecule has 6 nitrogen and oxygen atoms in total. The first kappa shape index (κ1) is 21.0. The van der Waals surface area contributed by atoms with E-state index in [1.165, 1.54) is 12.2 Å². The smallest absolute Gasteiger partial charge is 0.225 e. The Morgan fingerprint density at radius 3 is 2.55 bits per heavy atom. The van der Waals surface area contributed by atoms with Crippen LogP contribution in [0.1, 0.15) is 46.5 Å². The maximum absolute atomic E-state index is 13.4. The lowest BCUT2D eigenvalue weighted by Crippen LogP contribution is -2.62. The second-order valence-electron chi connectivity index (χ2n) is 10.8. The Morgan fingerprint density at radius 1 is 1.19 bits per heavy atom. The zero-order valence-corrected chi connectivity index (χ0v) is 18.3. The number of Topliss-reactive ketones (excluding diaryl/α,β-unsaturated/α-hetero) is 3. The molecule has 5 aliphatic carbocycles. The van der Waals surface area contributed by atoms with Gasteiger partial charge < -0.3 is 10.2 Å². The van der Waals surface area contributed by atoms with Crippen molar-refractivity contribution in [1.82, 2.24) is 0 Å². The average molecular weight is 427 g/mol. The minimum absolute atomic E-state index is 0.0872. The van der Waals surface area contributed by atoms with Gasteiger partial charge in [0.2, 0.25) is 11.6 Å². The summed E-state index contributed by atoms with van der Waals surface area (Å²) in [6.45, 7) is 5.36. The van der Waals surface area contributed by atoms with Gasteiger partial charge in [-0.2, -0.15) is 0 Å². The second kappa shape index (κ2) is 6.32. The monoisotopic (exact) mass is 426 g/mol. The molecule has 2 unspecified atom stereocenters. The average Bonchev–Trinajstić information content (AvgIpc) is 3.27. The van der Waals surface area contributed by atoms with Gasteiger partial charge in [0.15, 0.2) is 11.6 Å². The van der Waals surface area contributed by atoms with Crippen LogP contribution in [0.15, 0.2) is 23.8 Å². The van der Waals surface area contributed by atoms with Crippen LogP contribution in [0.2, 0.25) is 0 Å². The summed E-state index contributed by atoms with van der Waals surface area (Å²) in [7, 11) is 0. The molecule has 4 fully saturated rings. The lowest BCUT2D eigenvalue weighted by molar-refractivity contribution is -0.167. The molecule has 2 N–H and O–H groups in total. The zero-order chi connectivity index (χ0) is 22.5. The van der Waals surface area contributed by atoms with Crippen LogP contribution in [-0.2, 0) is 19.2 Å². The van der Waals surface area contributed by atoms with Crippen molar-refractivity contribution < 1.29 is 29.4 Å². The Bertz CT molecular complexity index is 976. The summed E-state index contributed by atoms with van der Waals surface area (Å²) in [6, 6.07) is 0. The summed E-state index contributed by atoms with van der Waals surface area (Å²) in [4.78, 5) is 51.6. The molecular weight excluding hydrogens is 396 g/mol. The number of carbonyl (C=O) groups excluding carboxylic acids is 4. The van der Waals surface area contributed by atoms with Crippen LogP contribution < -0.4 is 0 Å². The zero-order valence-electron chi connectivity index (χ0n) is 18.3. The number of rotatable bonds is 4. The van der Waals surface area contributed by atoms with Crippen molar-refractivity contribution in [3.8, 4) is 0 Å². The van der Waals surface area contributed by atoms with Gasteiger partial charge in [-0.05, 0) is 54.6 Å². The molecule has 0 aliphatic heterocycles. The summed E-state index contributed by atoms with van der Waals surface area (Å²) in [6.07, 6.45) is 6.29. The van der Waals surface area contributed by atoms with Crippen molar-refractivity contribution in [1.29, 1.82) is 0 Å². The third-order valence-corrected chi connectivity index (χ3v) is 9.81. The number of hydrogen-bond acceptors (Lipinski definition) is 6. The molecule has 4 saturated carbocycles. The first-order chi connectivity index (χ1) is 14.6. The van der Waals surface area contributed by atoms with Gasteiger partial charge in [0.1, 0.15) is 6.61 Å². The summed E-state index contributed by atoms with van der Waals surface area (Å²) < 4.78 is 0. The third kappa shape index (κ3) is 2.20. The van der Waals surface area contributed by atoms with Crippen LogP contribution in [0.25, 0.3) is 0 Å². The standard InChI is InChI=1S/C25H30O6/c1-4-5-13-14-9-15-19-20(17(28)10-24(15,3)25(13,14)18(29)11-26)23(2)7-6-12(27)8-16(23)21(30)22(19)31/h6-8,13-15,17,19-20,26,28H,4-5,9-11H2,1-3H3/t13?,14?,15-,17-,19-,20-,23-,24-,25+/m0/s1. The Balaban J connectivity index is 1.63. The van der Waals surface area contributed by atoms with Crippen molar-refractivity contribution in [2.45, 2.75) is 52.6 Å². The maximum atomic E-state index is 13.4. The fourth-order valence-electron chi connectivity index (χ4n) is 8.79. The summed E-state index contributed by atoms with van der Waals surface area (Å²) in [5.41, 5.74) is -2.05. The first-order valence-electron chi connectivity index (χ1n) is 11.5. The summed E-state index contributed by atoms with van der Waals surface area (Å²) in [5, 5.41) is 21.2. The Kier molecular flexibility index (Phi) is 4.27. The third-order valence-electron chi connectivity index (χ3n) is 9.81. The van der Waals surface area contributed by atoms with Gasteiger partial charge in [0.25, 0.3) is 0 Å². The molecule has 0 saturated heterocycles. The van der Waals surface area contributed by atoms with E-state index in [9.17, 15) is 29.4 Å². The molecule has 166 valence electrons. The fourth-order valence-corrected chi connectivity index (χ4v) is 8.79. The van der Waals surface area contributed by atoms with Gasteiger partial charge in [-0.1, -0.05) is 33.3 Å². The van der Waals surface area contributed by atoms with E-state index in [4.69, 9.17) is 0 Å². The minimum Gasteiger partial charge on any atom is -0.393 e. The minimum atomic E-state index is -0.889. The van der Waals surface area contributed by atoms with Crippen LogP contribution in [0, 0.1) is 45.8 Å². The highest BCUT2D eigenvalue weighted by atomic mass is 16.3. The largest absolute Gasteiger partial charge is 0.393 e. The fraction of sp³-hybridized carbons (Fsp3) is 0.680. The number of ketones is 4. The molecule has 6 heteroatoms. The number of aliphatic hydroxyl groups excluding tert-OH is 2. The van der Waals surface area contributed by atoms with Crippen molar-refractivity contribution in [2.24, 2.45) is 45.8 Å². The quantitative estimate of drug-likeness (QED) is 0.664. The van der Waals surface area contributed by atoms with Gasteiger partial charge in [-0.3, -0.25) is 19.2 Å². The van der Waals surface area contributed by atoms with Gasteiger partial charge in [-0.15, -0.1) is 0 Å². The molecule has 0 spiro atoms. The molecule has 0 heterocycles. The molecule has 9 atom stereocenters. The van der Waals surface area contributed by atoms with E-state index >= 15 is 0 Å². The van der Waals surface area contributed by atoms with Gasteiger partial charge >= 0.3 is 0 Å². The molecule has 0 radical (unpaired) electrons. The van der Waals surface area contributed by atoms with E-state index in [1.54, 1.807) is 6.08 Å². The van der Waals surface area contributed by atoms with Crippen LogP contribution in [0.3, 0.4) is 0 Å². The van der Waals surface area contributed by atoms with Gasteiger partial charge in [0.05, 0.1) is 6.10 Å². The molecule has 0 aromatic heterocycles. The molecular formula is C25H30O6. The summed E-state index contributed by atoms with van der Waals surface area (Å²) >= 11 is 0. The molecule has 31 heavy (non-hydrogen) atoms. The lowest BCUT2D eigenvalue weighted by Gasteiger charge is -2.58. The van der Waals surface area contributed by atoms with E-state index in [0.29, 0.717) is 12.8 Å². The van der Waals surface area contributed by atoms with Crippen LogP contribution in [-0.4, -0.2) is 46.1 Å². The van der Waals surface area contributed by atoms with Crippen LogP contribution >= 0.6 is 0 Å². The van der Waals surface area contributed by atoms with Gasteiger partial charge in [0, 0.05) is 28.2 Å². The predicted octanol–water partition coefficient (Wildman–Crippen LogP) is 1.83. The van der Waals surface area contributed by atoms with E-state index in [-0.39, 0.29) is 34.9 Å². The number of aliphatic hydroxyl groups is 2. The molecule has 0 aromatic carbocycles. The number of fused-ring (bicyclic) bond motifs is 7. The highest BCUT2D eigenvalue weighted by Gasteiger charge is 2.83. The predicted molar refractivity (Wildman–Crippen MR) is 111 cm³/mol. The molecule has 5 aliphatic rings.